The smallest absolute Gasteiger partial charge is 0.182 e. The molecule has 0 fully saturated rings. The molecule has 2 N–H and O–H groups in total. The Morgan fingerprint density at radius 1 is 1.39 bits per heavy atom. The molecule has 1 atom stereocenters. The summed E-state index contributed by atoms with van der Waals surface area (Å²) in [5, 5.41) is 1.89. The van der Waals surface area contributed by atoms with Crippen molar-refractivity contribution in [3.8, 4) is 0 Å². The van der Waals surface area contributed by atoms with Crippen molar-refractivity contribution in [3.05, 3.63) is 42.2 Å². The van der Waals surface area contributed by atoms with Crippen LogP contribution < -0.4 is 5.73 Å². The summed E-state index contributed by atoms with van der Waals surface area (Å²) in [7, 11) is 0. The lowest BCUT2D eigenvalue weighted by molar-refractivity contribution is 0.0895. The van der Waals surface area contributed by atoms with E-state index in [9.17, 15) is 4.79 Å². The van der Waals surface area contributed by atoms with Crippen LogP contribution in [-0.4, -0.2) is 16.3 Å². The zero-order valence-electron chi connectivity index (χ0n) is 10.8. The summed E-state index contributed by atoms with van der Waals surface area (Å²) in [5.74, 6) is 0.00106. The SMILES string of the molecule is CCCC(C)(N)C(=O)c1cccc2cnccc12. The predicted octanol–water partition coefficient (Wildman–Crippen LogP) is 2.94. The molecule has 2 rings (SSSR count). The van der Waals surface area contributed by atoms with Gasteiger partial charge in [0.05, 0.1) is 5.54 Å². The molecule has 3 heteroatoms. The molecule has 1 unspecified atom stereocenters. The van der Waals surface area contributed by atoms with Gasteiger partial charge >= 0.3 is 0 Å². The number of hydrogen-bond donors (Lipinski definition) is 1. The Morgan fingerprint density at radius 3 is 2.89 bits per heavy atom. The fourth-order valence-electron chi connectivity index (χ4n) is 2.26. The normalized spacial score (nSPS) is 14.4. The molecule has 0 radical (unpaired) electrons. The van der Waals surface area contributed by atoms with Gasteiger partial charge in [-0.05, 0) is 24.8 Å². The number of hydrogen-bond acceptors (Lipinski definition) is 3. The van der Waals surface area contributed by atoms with Gasteiger partial charge in [-0.1, -0.05) is 31.5 Å². The monoisotopic (exact) mass is 242 g/mol. The van der Waals surface area contributed by atoms with Crippen LogP contribution in [0.2, 0.25) is 0 Å². The second kappa shape index (κ2) is 4.86. The Bertz CT molecular complexity index is 570. The van der Waals surface area contributed by atoms with E-state index in [0.717, 1.165) is 17.2 Å². The molecule has 1 aromatic heterocycles. The molecule has 3 nitrogen and oxygen atoms in total. The van der Waals surface area contributed by atoms with Gasteiger partial charge in [0.25, 0.3) is 0 Å². The Kier molecular flexibility index (Phi) is 3.43. The number of benzene rings is 1. The highest BCUT2D eigenvalue weighted by Crippen LogP contribution is 2.23. The van der Waals surface area contributed by atoms with Crippen LogP contribution in [0.5, 0.6) is 0 Å². The minimum Gasteiger partial charge on any atom is -0.319 e. The van der Waals surface area contributed by atoms with Crippen LogP contribution in [0.4, 0.5) is 0 Å². The van der Waals surface area contributed by atoms with E-state index in [1.54, 1.807) is 19.3 Å². The molecular formula is C15H18N2O. The van der Waals surface area contributed by atoms with Crippen LogP contribution in [-0.2, 0) is 0 Å². The van der Waals surface area contributed by atoms with Crippen LogP contribution in [0.3, 0.4) is 0 Å². The van der Waals surface area contributed by atoms with E-state index < -0.39 is 5.54 Å². The van der Waals surface area contributed by atoms with Crippen molar-refractivity contribution in [2.45, 2.75) is 32.2 Å². The second-order valence-corrected chi connectivity index (χ2v) is 4.90. The van der Waals surface area contributed by atoms with Crippen molar-refractivity contribution in [1.82, 2.24) is 4.98 Å². The van der Waals surface area contributed by atoms with E-state index in [-0.39, 0.29) is 5.78 Å². The first-order valence-corrected chi connectivity index (χ1v) is 6.22. The van der Waals surface area contributed by atoms with Crippen molar-refractivity contribution >= 4 is 16.6 Å². The first kappa shape index (κ1) is 12.7. The molecule has 1 aromatic carbocycles. The zero-order chi connectivity index (χ0) is 13.2. The third kappa shape index (κ3) is 2.27. The molecule has 0 aliphatic rings. The molecule has 1 heterocycles. The van der Waals surface area contributed by atoms with E-state index in [2.05, 4.69) is 4.98 Å². The van der Waals surface area contributed by atoms with Gasteiger partial charge in [-0.3, -0.25) is 9.78 Å². The largest absolute Gasteiger partial charge is 0.319 e. The third-order valence-electron chi connectivity index (χ3n) is 3.21. The summed E-state index contributed by atoms with van der Waals surface area (Å²) in [5.41, 5.74) is 6.02. The summed E-state index contributed by atoms with van der Waals surface area (Å²) in [6.07, 6.45) is 5.05. The number of ketones is 1. The Morgan fingerprint density at radius 2 is 2.17 bits per heavy atom. The lowest BCUT2D eigenvalue weighted by Crippen LogP contribution is -2.44. The van der Waals surface area contributed by atoms with E-state index in [1.807, 2.05) is 31.2 Å². The van der Waals surface area contributed by atoms with Gasteiger partial charge in [0, 0.05) is 23.3 Å². The van der Waals surface area contributed by atoms with Crippen LogP contribution in [0.25, 0.3) is 10.8 Å². The van der Waals surface area contributed by atoms with Crippen LogP contribution in [0, 0.1) is 0 Å². The van der Waals surface area contributed by atoms with Gasteiger partial charge in [-0.2, -0.15) is 0 Å². The highest BCUT2D eigenvalue weighted by Gasteiger charge is 2.29. The average Bonchev–Trinajstić information content (AvgIpc) is 2.37. The van der Waals surface area contributed by atoms with E-state index >= 15 is 0 Å². The summed E-state index contributed by atoms with van der Waals surface area (Å²) in [4.78, 5) is 16.6. The standard InChI is InChI=1S/C15H18N2O/c1-3-8-15(2,16)14(18)13-6-4-5-11-10-17-9-7-12(11)13/h4-7,9-10H,3,8,16H2,1-2H3. The molecule has 0 spiro atoms. The highest BCUT2D eigenvalue weighted by atomic mass is 16.1. The van der Waals surface area contributed by atoms with E-state index in [0.29, 0.717) is 12.0 Å². The number of carbonyl (C=O) groups is 1. The van der Waals surface area contributed by atoms with Crippen LogP contribution in [0.15, 0.2) is 36.7 Å². The van der Waals surface area contributed by atoms with Crippen molar-refractivity contribution in [2.75, 3.05) is 0 Å². The van der Waals surface area contributed by atoms with Crippen LogP contribution in [0.1, 0.15) is 37.0 Å². The quantitative estimate of drug-likeness (QED) is 0.839. The number of pyridine rings is 1. The summed E-state index contributed by atoms with van der Waals surface area (Å²) < 4.78 is 0. The Labute approximate surface area is 107 Å². The molecule has 0 bridgehead atoms. The van der Waals surface area contributed by atoms with E-state index in [1.165, 1.54) is 0 Å². The van der Waals surface area contributed by atoms with Gasteiger partial charge in [0.15, 0.2) is 5.78 Å². The summed E-state index contributed by atoms with van der Waals surface area (Å²) >= 11 is 0. The lowest BCUT2D eigenvalue weighted by atomic mass is 9.86. The number of carbonyl (C=O) groups excluding carboxylic acids is 1. The molecule has 0 saturated heterocycles. The number of fused-ring (bicyclic) bond motifs is 1. The number of aromatic nitrogens is 1. The summed E-state index contributed by atoms with van der Waals surface area (Å²) in [6.45, 7) is 3.84. The van der Waals surface area contributed by atoms with Crippen molar-refractivity contribution in [3.63, 3.8) is 0 Å². The maximum Gasteiger partial charge on any atom is 0.182 e. The topological polar surface area (TPSA) is 56.0 Å². The maximum absolute atomic E-state index is 12.5. The van der Waals surface area contributed by atoms with Gasteiger partial charge in [0.2, 0.25) is 0 Å². The van der Waals surface area contributed by atoms with Gasteiger partial charge in [0.1, 0.15) is 0 Å². The number of nitrogens with zero attached hydrogens (tertiary/aromatic N) is 1. The van der Waals surface area contributed by atoms with Crippen molar-refractivity contribution < 1.29 is 4.79 Å². The first-order valence-electron chi connectivity index (χ1n) is 6.22. The predicted molar refractivity (Wildman–Crippen MR) is 73.6 cm³/mol. The average molecular weight is 242 g/mol. The lowest BCUT2D eigenvalue weighted by Gasteiger charge is -2.23. The number of rotatable bonds is 4. The zero-order valence-corrected chi connectivity index (χ0v) is 10.8. The van der Waals surface area contributed by atoms with Gasteiger partial charge in [-0.25, -0.2) is 0 Å². The second-order valence-electron chi connectivity index (χ2n) is 4.90. The van der Waals surface area contributed by atoms with Crippen LogP contribution >= 0.6 is 0 Å². The number of nitrogens with two attached hydrogens (primary N) is 1. The minimum atomic E-state index is -0.799. The molecule has 0 aliphatic carbocycles. The van der Waals surface area contributed by atoms with Gasteiger partial charge < -0.3 is 5.73 Å². The molecule has 0 amide bonds. The maximum atomic E-state index is 12.5. The highest BCUT2D eigenvalue weighted by molar-refractivity contribution is 6.12. The third-order valence-corrected chi connectivity index (χ3v) is 3.21. The summed E-state index contributed by atoms with van der Waals surface area (Å²) in [6, 6.07) is 7.53. The molecule has 18 heavy (non-hydrogen) atoms. The van der Waals surface area contributed by atoms with Gasteiger partial charge in [-0.15, -0.1) is 0 Å². The molecular weight excluding hydrogens is 224 g/mol. The molecule has 0 aliphatic heterocycles. The Balaban J connectivity index is 2.51. The molecule has 2 aromatic rings. The Hall–Kier alpha value is -1.74. The first-order chi connectivity index (χ1) is 8.56. The number of Topliss-reactive ketones (excluding diaryl/α,β-unsaturated/α-hetero) is 1. The van der Waals surface area contributed by atoms with Crippen molar-refractivity contribution in [1.29, 1.82) is 0 Å². The minimum absolute atomic E-state index is 0.00106. The van der Waals surface area contributed by atoms with E-state index in [4.69, 9.17) is 5.73 Å². The van der Waals surface area contributed by atoms with Crippen molar-refractivity contribution in [2.24, 2.45) is 5.73 Å². The fraction of sp³-hybridized carbons (Fsp3) is 0.333. The molecule has 94 valence electrons. The molecule has 0 saturated carbocycles. The fourth-order valence-corrected chi connectivity index (χ4v) is 2.26.